The van der Waals surface area contributed by atoms with E-state index in [-0.39, 0.29) is 0 Å². The molecule has 1 heterocycles. The number of aromatic nitrogens is 1. The van der Waals surface area contributed by atoms with Gasteiger partial charge in [0.25, 0.3) is 0 Å². The Labute approximate surface area is 73.6 Å². The van der Waals surface area contributed by atoms with Gasteiger partial charge in [0, 0.05) is 16.6 Å². The van der Waals surface area contributed by atoms with Gasteiger partial charge in [0.15, 0.2) is 0 Å². The molecule has 0 saturated carbocycles. The van der Waals surface area contributed by atoms with Gasteiger partial charge in [-0.3, -0.25) is 0 Å². The number of nitrogens with zero attached hydrogens (tertiary/aromatic N) is 1. The van der Waals surface area contributed by atoms with Crippen LogP contribution in [0.15, 0.2) is 5.38 Å². The third kappa shape index (κ3) is 1.80. The van der Waals surface area contributed by atoms with Crippen LogP contribution in [0.4, 0.5) is 0 Å². The first kappa shape index (κ1) is 8.21. The molecular weight excluding hydrogens is 210 g/mol. The maximum atomic E-state index is 4.37. The van der Waals surface area contributed by atoms with Gasteiger partial charge in [0.1, 0.15) is 0 Å². The molecule has 0 amide bonds. The van der Waals surface area contributed by atoms with Gasteiger partial charge in [0.2, 0.25) is 0 Å². The van der Waals surface area contributed by atoms with Crippen molar-refractivity contribution >= 4 is 27.3 Å². The summed E-state index contributed by atoms with van der Waals surface area (Å²) < 4.78 is 0. The van der Waals surface area contributed by atoms with Crippen molar-refractivity contribution < 1.29 is 0 Å². The van der Waals surface area contributed by atoms with Crippen LogP contribution >= 0.6 is 27.3 Å². The van der Waals surface area contributed by atoms with E-state index in [1.54, 1.807) is 11.3 Å². The Hall–Kier alpha value is 0.110. The second kappa shape index (κ2) is 3.49. The van der Waals surface area contributed by atoms with E-state index in [1.165, 1.54) is 5.69 Å². The molecule has 0 aliphatic rings. The summed E-state index contributed by atoms with van der Waals surface area (Å²) in [5.41, 5.74) is 1.21. The molecule has 0 radical (unpaired) electrons. The molecule has 0 aliphatic heterocycles. The topological polar surface area (TPSA) is 12.9 Å². The lowest BCUT2D eigenvalue weighted by Gasteiger charge is -2.00. The molecule has 1 aromatic rings. The monoisotopic (exact) mass is 219 g/mol. The van der Waals surface area contributed by atoms with Crippen LogP contribution in [0.2, 0.25) is 0 Å². The van der Waals surface area contributed by atoms with Gasteiger partial charge in [0.05, 0.1) is 10.7 Å². The molecule has 1 nitrogen and oxygen atoms in total. The Balaban J connectivity index is 2.74. The Morgan fingerprint density at radius 3 is 2.90 bits per heavy atom. The summed E-state index contributed by atoms with van der Waals surface area (Å²) in [4.78, 5) is 4.37. The molecule has 0 spiro atoms. The van der Waals surface area contributed by atoms with Crippen LogP contribution in [0, 0.1) is 6.92 Å². The predicted octanol–water partition coefficient (Wildman–Crippen LogP) is 2.95. The largest absolute Gasteiger partial charge is 0.246 e. The highest BCUT2D eigenvalue weighted by Crippen LogP contribution is 2.19. The average Bonchev–Trinajstić information content (AvgIpc) is 2.34. The van der Waals surface area contributed by atoms with E-state index in [2.05, 4.69) is 33.2 Å². The summed E-state index contributed by atoms with van der Waals surface area (Å²) >= 11 is 5.14. The number of hydrogen-bond acceptors (Lipinski definition) is 2. The molecule has 10 heavy (non-hydrogen) atoms. The van der Waals surface area contributed by atoms with Crippen molar-refractivity contribution in [1.29, 1.82) is 0 Å². The number of aryl methyl sites for hydroxylation is 1. The van der Waals surface area contributed by atoms with Gasteiger partial charge in [-0.25, -0.2) is 4.98 Å². The number of rotatable bonds is 2. The number of hydrogen-bond donors (Lipinski definition) is 0. The zero-order valence-corrected chi connectivity index (χ0v) is 8.50. The minimum atomic E-state index is 0.546. The highest BCUT2D eigenvalue weighted by atomic mass is 79.9. The smallest absolute Gasteiger partial charge is 0.0897 e. The van der Waals surface area contributed by atoms with Gasteiger partial charge >= 0.3 is 0 Å². The molecule has 1 atom stereocenters. The summed E-state index contributed by atoms with van der Waals surface area (Å²) in [5, 5.41) is 4.28. The lowest BCUT2D eigenvalue weighted by Crippen LogP contribution is -1.93. The fourth-order valence-corrected chi connectivity index (χ4v) is 1.75. The van der Waals surface area contributed by atoms with E-state index in [9.17, 15) is 0 Å². The standard InChI is InChI=1S/C7H10BrNS/c1-5(3-8)7-4-10-6(2)9-7/h4-5H,3H2,1-2H3. The molecule has 1 aromatic heterocycles. The molecule has 56 valence electrons. The molecule has 0 saturated heterocycles. The summed E-state index contributed by atoms with van der Waals surface area (Å²) in [5.74, 6) is 0.546. The molecular formula is C7H10BrNS. The molecule has 0 bridgehead atoms. The van der Waals surface area contributed by atoms with Crippen LogP contribution in [0.3, 0.4) is 0 Å². The summed E-state index contributed by atoms with van der Waals surface area (Å²) in [6.07, 6.45) is 0. The van der Waals surface area contributed by atoms with E-state index in [4.69, 9.17) is 0 Å². The summed E-state index contributed by atoms with van der Waals surface area (Å²) in [6, 6.07) is 0. The minimum Gasteiger partial charge on any atom is -0.246 e. The number of alkyl halides is 1. The SMILES string of the molecule is Cc1nc(C(C)CBr)cs1. The fourth-order valence-electron chi connectivity index (χ4n) is 0.686. The van der Waals surface area contributed by atoms with Crippen LogP contribution < -0.4 is 0 Å². The van der Waals surface area contributed by atoms with E-state index >= 15 is 0 Å². The normalized spacial score (nSPS) is 13.5. The zero-order valence-electron chi connectivity index (χ0n) is 6.10. The van der Waals surface area contributed by atoms with Crippen molar-refractivity contribution in [2.45, 2.75) is 19.8 Å². The summed E-state index contributed by atoms with van der Waals surface area (Å²) in [6.45, 7) is 4.21. The maximum Gasteiger partial charge on any atom is 0.0897 e. The number of halogens is 1. The van der Waals surface area contributed by atoms with Crippen LogP contribution in [-0.2, 0) is 0 Å². The molecule has 1 unspecified atom stereocenters. The molecule has 0 fully saturated rings. The first-order valence-corrected chi connectivity index (χ1v) is 5.22. The van der Waals surface area contributed by atoms with Crippen LogP contribution in [0.1, 0.15) is 23.5 Å². The van der Waals surface area contributed by atoms with Crippen LogP contribution in [0.25, 0.3) is 0 Å². The highest BCUT2D eigenvalue weighted by molar-refractivity contribution is 9.09. The molecule has 1 rings (SSSR count). The lowest BCUT2D eigenvalue weighted by molar-refractivity contribution is 0.847. The molecule has 0 aromatic carbocycles. The van der Waals surface area contributed by atoms with Gasteiger partial charge in [-0.1, -0.05) is 22.9 Å². The molecule has 0 N–H and O–H groups in total. The van der Waals surface area contributed by atoms with Crippen molar-refractivity contribution in [3.8, 4) is 0 Å². The average molecular weight is 220 g/mol. The quantitative estimate of drug-likeness (QED) is 0.698. The van der Waals surface area contributed by atoms with E-state index in [0.717, 1.165) is 10.3 Å². The van der Waals surface area contributed by atoms with Gasteiger partial charge < -0.3 is 0 Å². The molecule has 3 heteroatoms. The minimum absolute atomic E-state index is 0.546. The fraction of sp³-hybridized carbons (Fsp3) is 0.571. The van der Waals surface area contributed by atoms with Crippen molar-refractivity contribution in [3.05, 3.63) is 16.1 Å². The van der Waals surface area contributed by atoms with Crippen molar-refractivity contribution in [2.75, 3.05) is 5.33 Å². The second-order valence-corrected chi connectivity index (χ2v) is 4.06. The van der Waals surface area contributed by atoms with E-state index in [1.807, 2.05) is 6.92 Å². The van der Waals surface area contributed by atoms with Crippen molar-refractivity contribution in [2.24, 2.45) is 0 Å². The van der Waals surface area contributed by atoms with Crippen LogP contribution in [0.5, 0.6) is 0 Å². The Morgan fingerprint density at radius 1 is 1.80 bits per heavy atom. The first-order chi connectivity index (χ1) is 4.74. The zero-order chi connectivity index (χ0) is 7.56. The second-order valence-electron chi connectivity index (χ2n) is 2.35. The van der Waals surface area contributed by atoms with Gasteiger partial charge in [-0.05, 0) is 6.92 Å². The predicted molar refractivity (Wildman–Crippen MR) is 49.1 cm³/mol. The Morgan fingerprint density at radius 2 is 2.50 bits per heavy atom. The van der Waals surface area contributed by atoms with Gasteiger partial charge in [-0.2, -0.15) is 0 Å². The van der Waals surface area contributed by atoms with Crippen LogP contribution in [-0.4, -0.2) is 10.3 Å². The lowest BCUT2D eigenvalue weighted by atomic mass is 10.2. The first-order valence-electron chi connectivity index (χ1n) is 3.22. The highest BCUT2D eigenvalue weighted by Gasteiger charge is 2.05. The Kier molecular flexibility index (Phi) is 2.86. The van der Waals surface area contributed by atoms with Crippen molar-refractivity contribution in [3.63, 3.8) is 0 Å². The van der Waals surface area contributed by atoms with Gasteiger partial charge in [-0.15, -0.1) is 11.3 Å². The Bertz CT molecular complexity index is 209. The van der Waals surface area contributed by atoms with E-state index < -0.39 is 0 Å². The third-order valence-electron chi connectivity index (χ3n) is 1.37. The number of thiazole rings is 1. The van der Waals surface area contributed by atoms with Crippen molar-refractivity contribution in [1.82, 2.24) is 4.98 Å². The van der Waals surface area contributed by atoms with E-state index in [0.29, 0.717) is 5.92 Å². The maximum absolute atomic E-state index is 4.37. The molecule has 0 aliphatic carbocycles. The summed E-state index contributed by atoms with van der Waals surface area (Å²) in [7, 11) is 0. The third-order valence-corrected chi connectivity index (χ3v) is 3.14.